The molecule has 0 aliphatic heterocycles. The predicted molar refractivity (Wildman–Crippen MR) is 59.0 cm³/mol. The van der Waals surface area contributed by atoms with Crippen LogP contribution in [-0.4, -0.2) is 32.9 Å². The van der Waals surface area contributed by atoms with E-state index in [-0.39, 0.29) is 18.0 Å². The van der Waals surface area contributed by atoms with Gasteiger partial charge in [0.2, 0.25) is 0 Å². The summed E-state index contributed by atoms with van der Waals surface area (Å²) in [6.07, 6.45) is 5.41. The summed E-state index contributed by atoms with van der Waals surface area (Å²) in [5, 5.41) is 16.4. The van der Waals surface area contributed by atoms with E-state index in [0.717, 1.165) is 19.4 Å². The minimum atomic E-state index is -0.685. The molecular formula is C11H17N3O2. The highest BCUT2D eigenvalue weighted by molar-refractivity contribution is 5.72. The van der Waals surface area contributed by atoms with Gasteiger partial charge in [0, 0.05) is 24.5 Å². The first-order chi connectivity index (χ1) is 7.66. The maximum Gasteiger partial charge on any atom is 0.308 e. The standard InChI is InChI=1S/C11H17N3O2/c1-8(7-14-6-2-5-12-14)13-10-4-3-9(10)11(15)16/h2,5-6,8-10,13H,3-4,7H2,1H3,(H,15,16). The van der Waals surface area contributed by atoms with Crippen LogP contribution in [-0.2, 0) is 11.3 Å². The van der Waals surface area contributed by atoms with Crippen LogP contribution in [0.4, 0.5) is 0 Å². The molecule has 1 heterocycles. The molecule has 0 saturated heterocycles. The van der Waals surface area contributed by atoms with E-state index in [0.29, 0.717) is 0 Å². The number of nitrogens with one attached hydrogen (secondary N) is 1. The third-order valence-electron chi connectivity index (χ3n) is 3.11. The largest absolute Gasteiger partial charge is 0.481 e. The predicted octanol–water partition coefficient (Wildman–Crippen LogP) is 0.724. The smallest absolute Gasteiger partial charge is 0.308 e. The van der Waals surface area contributed by atoms with E-state index in [9.17, 15) is 4.79 Å². The Hall–Kier alpha value is -1.36. The van der Waals surface area contributed by atoms with Crippen molar-refractivity contribution in [1.82, 2.24) is 15.1 Å². The first-order valence-corrected chi connectivity index (χ1v) is 5.63. The highest BCUT2D eigenvalue weighted by atomic mass is 16.4. The third kappa shape index (κ3) is 2.41. The van der Waals surface area contributed by atoms with E-state index in [1.165, 1.54) is 0 Å². The maximum atomic E-state index is 10.8. The lowest BCUT2D eigenvalue weighted by Crippen LogP contribution is -2.51. The van der Waals surface area contributed by atoms with Gasteiger partial charge in [-0.2, -0.15) is 5.10 Å². The van der Waals surface area contributed by atoms with Gasteiger partial charge in [-0.3, -0.25) is 9.48 Å². The molecule has 0 spiro atoms. The molecule has 0 bridgehead atoms. The lowest BCUT2D eigenvalue weighted by Gasteiger charge is -2.36. The SMILES string of the molecule is CC(Cn1cccn1)NC1CCC1C(=O)O. The molecule has 1 aliphatic carbocycles. The third-order valence-corrected chi connectivity index (χ3v) is 3.11. The summed E-state index contributed by atoms with van der Waals surface area (Å²) in [6.45, 7) is 2.83. The summed E-state index contributed by atoms with van der Waals surface area (Å²) in [5.74, 6) is -0.893. The topological polar surface area (TPSA) is 67.2 Å². The van der Waals surface area contributed by atoms with Crippen molar-refractivity contribution in [2.45, 2.75) is 38.4 Å². The van der Waals surface area contributed by atoms with E-state index >= 15 is 0 Å². The molecule has 3 unspecified atom stereocenters. The zero-order valence-electron chi connectivity index (χ0n) is 9.34. The van der Waals surface area contributed by atoms with Crippen LogP contribution in [0.1, 0.15) is 19.8 Å². The molecule has 0 radical (unpaired) electrons. The average molecular weight is 223 g/mol. The van der Waals surface area contributed by atoms with Gasteiger partial charge in [0.25, 0.3) is 0 Å². The van der Waals surface area contributed by atoms with Crippen LogP contribution in [0, 0.1) is 5.92 Å². The fourth-order valence-corrected chi connectivity index (χ4v) is 2.10. The first kappa shape index (κ1) is 11.1. The van der Waals surface area contributed by atoms with Gasteiger partial charge in [-0.05, 0) is 25.8 Å². The van der Waals surface area contributed by atoms with Crippen molar-refractivity contribution in [2.75, 3.05) is 0 Å². The molecule has 5 heteroatoms. The average Bonchev–Trinajstić information content (AvgIpc) is 2.64. The molecular weight excluding hydrogens is 206 g/mol. The normalized spacial score (nSPS) is 26.1. The molecule has 88 valence electrons. The number of rotatable bonds is 5. The summed E-state index contributed by atoms with van der Waals surface area (Å²) in [7, 11) is 0. The molecule has 0 amide bonds. The molecule has 5 nitrogen and oxygen atoms in total. The Morgan fingerprint density at radius 2 is 2.50 bits per heavy atom. The Morgan fingerprint density at radius 3 is 3.00 bits per heavy atom. The summed E-state index contributed by atoms with van der Waals surface area (Å²) in [6, 6.07) is 2.26. The highest BCUT2D eigenvalue weighted by Gasteiger charge is 2.36. The number of aromatic nitrogens is 2. The zero-order valence-corrected chi connectivity index (χ0v) is 9.34. The number of nitrogens with zero attached hydrogens (tertiary/aromatic N) is 2. The molecule has 2 rings (SSSR count). The molecule has 3 atom stereocenters. The van der Waals surface area contributed by atoms with Crippen LogP contribution >= 0.6 is 0 Å². The Balaban J connectivity index is 1.79. The molecule has 0 aromatic carbocycles. The fourth-order valence-electron chi connectivity index (χ4n) is 2.10. The lowest BCUT2D eigenvalue weighted by atomic mass is 9.79. The van der Waals surface area contributed by atoms with Crippen LogP contribution in [0.2, 0.25) is 0 Å². The fraction of sp³-hybridized carbons (Fsp3) is 0.636. The number of aliphatic carboxylic acids is 1. The van der Waals surface area contributed by atoms with Gasteiger partial charge in [-0.15, -0.1) is 0 Å². The minimum Gasteiger partial charge on any atom is -0.481 e. The van der Waals surface area contributed by atoms with Gasteiger partial charge in [0.1, 0.15) is 0 Å². The molecule has 1 saturated carbocycles. The summed E-state index contributed by atoms with van der Waals surface area (Å²) in [4.78, 5) is 10.8. The Labute approximate surface area is 94.5 Å². The van der Waals surface area contributed by atoms with E-state index in [4.69, 9.17) is 5.11 Å². The first-order valence-electron chi connectivity index (χ1n) is 5.63. The van der Waals surface area contributed by atoms with Gasteiger partial charge in [-0.25, -0.2) is 0 Å². The van der Waals surface area contributed by atoms with E-state index < -0.39 is 5.97 Å². The van der Waals surface area contributed by atoms with Crippen LogP contribution in [0.5, 0.6) is 0 Å². The Kier molecular flexibility index (Phi) is 3.24. The van der Waals surface area contributed by atoms with Crippen molar-refractivity contribution in [3.05, 3.63) is 18.5 Å². The Morgan fingerprint density at radius 1 is 1.69 bits per heavy atom. The van der Waals surface area contributed by atoms with Crippen molar-refractivity contribution in [2.24, 2.45) is 5.92 Å². The molecule has 2 N–H and O–H groups in total. The lowest BCUT2D eigenvalue weighted by molar-refractivity contribution is -0.146. The van der Waals surface area contributed by atoms with Crippen LogP contribution in [0.25, 0.3) is 0 Å². The van der Waals surface area contributed by atoms with Crippen molar-refractivity contribution in [3.63, 3.8) is 0 Å². The molecule has 1 aromatic heterocycles. The van der Waals surface area contributed by atoms with Gasteiger partial charge < -0.3 is 10.4 Å². The van der Waals surface area contributed by atoms with Gasteiger partial charge >= 0.3 is 5.97 Å². The monoisotopic (exact) mass is 223 g/mol. The second-order valence-electron chi connectivity index (χ2n) is 4.42. The van der Waals surface area contributed by atoms with Crippen molar-refractivity contribution in [1.29, 1.82) is 0 Å². The number of hydrogen-bond acceptors (Lipinski definition) is 3. The van der Waals surface area contributed by atoms with Gasteiger partial charge in [0.05, 0.1) is 12.5 Å². The number of carboxylic acids is 1. The number of carbonyl (C=O) groups is 1. The number of hydrogen-bond donors (Lipinski definition) is 2. The van der Waals surface area contributed by atoms with Crippen LogP contribution in [0.15, 0.2) is 18.5 Å². The molecule has 16 heavy (non-hydrogen) atoms. The second kappa shape index (κ2) is 4.65. The highest BCUT2D eigenvalue weighted by Crippen LogP contribution is 2.27. The molecule has 1 aromatic rings. The van der Waals surface area contributed by atoms with Crippen LogP contribution < -0.4 is 5.32 Å². The van der Waals surface area contributed by atoms with Crippen molar-refractivity contribution >= 4 is 5.97 Å². The van der Waals surface area contributed by atoms with Gasteiger partial charge in [0.15, 0.2) is 0 Å². The minimum absolute atomic E-state index is 0.128. The molecule has 1 fully saturated rings. The second-order valence-corrected chi connectivity index (χ2v) is 4.42. The number of carboxylic acid groups (broad SMARTS) is 1. The van der Waals surface area contributed by atoms with Crippen molar-refractivity contribution in [3.8, 4) is 0 Å². The van der Waals surface area contributed by atoms with E-state index in [2.05, 4.69) is 17.3 Å². The van der Waals surface area contributed by atoms with E-state index in [1.54, 1.807) is 6.20 Å². The van der Waals surface area contributed by atoms with E-state index in [1.807, 2.05) is 16.9 Å². The van der Waals surface area contributed by atoms with Crippen LogP contribution in [0.3, 0.4) is 0 Å². The summed E-state index contributed by atoms with van der Waals surface area (Å²) < 4.78 is 1.85. The zero-order chi connectivity index (χ0) is 11.5. The summed E-state index contributed by atoms with van der Waals surface area (Å²) >= 11 is 0. The molecule has 1 aliphatic rings. The maximum absolute atomic E-state index is 10.8. The summed E-state index contributed by atoms with van der Waals surface area (Å²) in [5.41, 5.74) is 0. The Bertz CT molecular complexity index is 350. The quantitative estimate of drug-likeness (QED) is 0.772. The van der Waals surface area contributed by atoms with Crippen molar-refractivity contribution < 1.29 is 9.90 Å². The van der Waals surface area contributed by atoms with Gasteiger partial charge in [-0.1, -0.05) is 0 Å².